The smallest absolute Gasteiger partial charge is 0.181 e. The van der Waals surface area contributed by atoms with Gasteiger partial charge in [-0.05, 0) is 64.4 Å². The van der Waals surface area contributed by atoms with Crippen LogP contribution in [0, 0.1) is 25.5 Å². The number of carbonyl (C=O) groups excluding carboxylic acids is 1. The van der Waals surface area contributed by atoms with E-state index in [9.17, 15) is 13.6 Å². The van der Waals surface area contributed by atoms with Gasteiger partial charge >= 0.3 is 0 Å². The first-order valence-electron chi connectivity index (χ1n) is 12.3. The largest absolute Gasteiger partial charge is 0.485 e. The number of piperazine rings is 1. The van der Waals surface area contributed by atoms with Crippen molar-refractivity contribution in [1.29, 1.82) is 0 Å². The monoisotopic (exact) mass is 484 g/mol. The molecule has 0 bridgehead atoms. The summed E-state index contributed by atoms with van der Waals surface area (Å²) in [4.78, 5) is 22.7. The first-order valence-corrected chi connectivity index (χ1v) is 12.3. The van der Waals surface area contributed by atoms with E-state index >= 15 is 0 Å². The Kier molecular flexibility index (Phi) is 7.82. The van der Waals surface area contributed by atoms with Crippen molar-refractivity contribution in [2.24, 2.45) is 0 Å². The molecule has 0 N–H and O–H groups in total. The molecule has 0 radical (unpaired) electrons. The second kappa shape index (κ2) is 10.8. The van der Waals surface area contributed by atoms with Crippen molar-refractivity contribution >= 4 is 11.4 Å². The number of fused-ring (bicyclic) bond motifs is 1. The number of imidazole rings is 1. The van der Waals surface area contributed by atoms with Crippen molar-refractivity contribution in [3.8, 4) is 5.75 Å². The Morgan fingerprint density at radius 2 is 1.80 bits per heavy atom. The van der Waals surface area contributed by atoms with Crippen LogP contribution in [0.15, 0.2) is 30.5 Å². The summed E-state index contributed by atoms with van der Waals surface area (Å²) in [6.07, 6.45) is 3.07. The van der Waals surface area contributed by atoms with Crippen LogP contribution >= 0.6 is 0 Å². The molecule has 8 heteroatoms. The van der Waals surface area contributed by atoms with Gasteiger partial charge in [-0.25, -0.2) is 13.8 Å². The minimum atomic E-state index is -0.658. The van der Waals surface area contributed by atoms with E-state index in [1.165, 1.54) is 18.2 Å². The average Bonchev–Trinajstić information content (AvgIpc) is 3.14. The highest BCUT2D eigenvalue weighted by atomic mass is 19.1. The van der Waals surface area contributed by atoms with Gasteiger partial charge in [0.2, 0.25) is 0 Å². The molecule has 4 rings (SSSR count). The van der Waals surface area contributed by atoms with Crippen molar-refractivity contribution in [1.82, 2.24) is 19.2 Å². The van der Waals surface area contributed by atoms with Crippen LogP contribution in [0.1, 0.15) is 54.0 Å². The lowest BCUT2D eigenvalue weighted by atomic mass is 10.1. The molecule has 6 nitrogen and oxygen atoms in total. The highest BCUT2D eigenvalue weighted by Crippen LogP contribution is 2.26. The highest BCUT2D eigenvalue weighted by Gasteiger charge is 2.22. The predicted molar refractivity (Wildman–Crippen MR) is 132 cm³/mol. The van der Waals surface area contributed by atoms with Crippen LogP contribution in [0.25, 0.3) is 5.65 Å². The molecule has 2 aromatic heterocycles. The van der Waals surface area contributed by atoms with E-state index in [0.717, 1.165) is 44.7 Å². The predicted octanol–water partition coefficient (Wildman–Crippen LogP) is 4.80. The van der Waals surface area contributed by atoms with Gasteiger partial charge in [0.1, 0.15) is 23.9 Å². The van der Waals surface area contributed by atoms with Crippen molar-refractivity contribution in [3.05, 3.63) is 64.6 Å². The van der Waals surface area contributed by atoms with Gasteiger partial charge in [-0.3, -0.25) is 14.1 Å². The number of aryl methyl sites for hydroxylation is 2. The number of nitrogens with zero attached hydrogens (tertiary/aromatic N) is 4. The Morgan fingerprint density at radius 1 is 1.11 bits per heavy atom. The second-order valence-electron chi connectivity index (χ2n) is 9.61. The summed E-state index contributed by atoms with van der Waals surface area (Å²) in [5.74, 6) is -0.894. The molecule has 3 heterocycles. The summed E-state index contributed by atoms with van der Waals surface area (Å²) in [5, 5.41) is 0. The summed E-state index contributed by atoms with van der Waals surface area (Å²) in [6.45, 7) is 13.0. The molecule has 1 saturated heterocycles. The zero-order valence-corrected chi connectivity index (χ0v) is 21.0. The Labute approximate surface area is 205 Å². The Hall–Kier alpha value is -2.84. The number of ketones is 1. The van der Waals surface area contributed by atoms with E-state index in [4.69, 9.17) is 4.74 Å². The molecule has 0 amide bonds. The van der Waals surface area contributed by atoms with Crippen molar-refractivity contribution in [3.63, 3.8) is 0 Å². The van der Waals surface area contributed by atoms with Crippen molar-refractivity contribution < 1.29 is 18.3 Å². The molecule has 1 fully saturated rings. The fourth-order valence-electron chi connectivity index (χ4n) is 4.71. The van der Waals surface area contributed by atoms with Crippen LogP contribution < -0.4 is 4.74 Å². The molecule has 0 unspecified atom stereocenters. The van der Waals surface area contributed by atoms with E-state index < -0.39 is 11.6 Å². The van der Waals surface area contributed by atoms with Crippen LogP contribution in [0.2, 0.25) is 0 Å². The normalized spacial score (nSPS) is 15.3. The summed E-state index contributed by atoms with van der Waals surface area (Å²) in [5.41, 5.74) is 2.35. The molecule has 188 valence electrons. The number of hydrogen-bond donors (Lipinski definition) is 0. The molecule has 1 aliphatic heterocycles. The van der Waals surface area contributed by atoms with Crippen molar-refractivity contribution in [2.75, 3.05) is 32.7 Å². The second-order valence-corrected chi connectivity index (χ2v) is 9.61. The number of Topliss-reactive ketones (excluding diaryl/α,β-unsaturated/α-hetero) is 1. The van der Waals surface area contributed by atoms with E-state index in [1.54, 1.807) is 17.4 Å². The zero-order chi connectivity index (χ0) is 25.1. The van der Waals surface area contributed by atoms with E-state index in [2.05, 4.69) is 28.6 Å². The van der Waals surface area contributed by atoms with E-state index in [-0.39, 0.29) is 18.0 Å². The lowest BCUT2D eigenvalue weighted by molar-refractivity contribution is 0.0936. The number of ether oxygens (including phenoxy) is 1. The summed E-state index contributed by atoms with van der Waals surface area (Å²) >= 11 is 0. The summed E-state index contributed by atoms with van der Waals surface area (Å²) in [7, 11) is 0. The Balaban J connectivity index is 1.44. The number of pyridine rings is 1. The maximum atomic E-state index is 14.0. The van der Waals surface area contributed by atoms with Gasteiger partial charge < -0.3 is 9.64 Å². The van der Waals surface area contributed by atoms with Crippen LogP contribution in [-0.4, -0.2) is 63.7 Å². The molecule has 1 aliphatic rings. The quantitative estimate of drug-likeness (QED) is 0.409. The molecule has 0 atom stereocenters. The fourth-order valence-corrected chi connectivity index (χ4v) is 4.71. The van der Waals surface area contributed by atoms with Gasteiger partial charge in [-0.1, -0.05) is 6.07 Å². The van der Waals surface area contributed by atoms with Gasteiger partial charge in [0.15, 0.2) is 17.2 Å². The number of aromatic nitrogens is 2. The first kappa shape index (κ1) is 25.3. The standard InChI is InChI=1S/C27H34F2N4O2/c1-18(2)32-13-11-31(12-14-32)10-6-9-24(34)26-20(4)30-27-25(15-19(3)16-33(26)27)35-17-21-22(28)7-5-8-23(21)29/h5,7-8,15-16,18H,6,9-14,17H2,1-4H3. The summed E-state index contributed by atoms with van der Waals surface area (Å²) in [6, 6.07) is 6.06. The zero-order valence-electron chi connectivity index (χ0n) is 21.0. The molecule has 35 heavy (non-hydrogen) atoms. The van der Waals surface area contributed by atoms with Crippen LogP contribution in [0.5, 0.6) is 5.75 Å². The third-order valence-corrected chi connectivity index (χ3v) is 6.71. The third-order valence-electron chi connectivity index (χ3n) is 6.71. The molecule has 3 aromatic rings. The van der Waals surface area contributed by atoms with Crippen LogP contribution in [-0.2, 0) is 6.61 Å². The lowest BCUT2D eigenvalue weighted by Gasteiger charge is -2.36. The Morgan fingerprint density at radius 3 is 2.46 bits per heavy atom. The number of rotatable bonds is 9. The third kappa shape index (κ3) is 5.70. The lowest BCUT2D eigenvalue weighted by Crippen LogP contribution is -2.48. The van der Waals surface area contributed by atoms with Gasteiger partial charge in [0.25, 0.3) is 0 Å². The van der Waals surface area contributed by atoms with E-state index in [1.807, 2.05) is 13.1 Å². The van der Waals surface area contributed by atoms with Crippen LogP contribution in [0.3, 0.4) is 0 Å². The summed E-state index contributed by atoms with van der Waals surface area (Å²) < 4.78 is 35.6. The SMILES string of the molecule is Cc1cc(OCc2c(F)cccc2F)c2nc(C)c(C(=O)CCCN3CCN(C(C)C)CC3)n2c1. The minimum absolute atomic E-state index is 0.0347. The number of hydrogen-bond acceptors (Lipinski definition) is 5. The van der Waals surface area contributed by atoms with Gasteiger partial charge in [0, 0.05) is 44.8 Å². The highest BCUT2D eigenvalue weighted by molar-refractivity contribution is 5.96. The molecular weight excluding hydrogens is 450 g/mol. The number of carbonyl (C=O) groups is 1. The maximum Gasteiger partial charge on any atom is 0.181 e. The molecule has 0 saturated carbocycles. The molecule has 1 aromatic carbocycles. The average molecular weight is 485 g/mol. The van der Waals surface area contributed by atoms with Crippen molar-refractivity contribution in [2.45, 2.75) is 53.2 Å². The molecule has 0 aliphatic carbocycles. The first-order chi connectivity index (χ1) is 16.7. The number of benzene rings is 1. The minimum Gasteiger partial charge on any atom is -0.485 e. The fraction of sp³-hybridized carbons (Fsp3) is 0.481. The van der Waals surface area contributed by atoms with Gasteiger partial charge in [-0.15, -0.1) is 0 Å². The molecule has 0 spiro atoms. The van der Waals surface area contributed by atoms with Gasteiger partial charge in [0.05, 0.1) is 11.3 Å². The van der Waals surface area contributed by atoms with Gasteiger partial charge in [-0.2, -0.15) is 0 Å². The Bertz CT molecular complexity index is 1180. The van der Waals surface area contributed by atoms with E-state index in [0.29, 0.717) is 35.2 Å². The number of halogens is 2. The topological polar surface area (TPSA) is 50.1 Å². The van der Waals surface area contributed by atoms with Crippen LogP contribution in [0.4, 0.5) is 8.78 Å². The molecular formula is C27H34F2N4O2. The maximum absolute atomic E-state index is 14.0.